The molecule has 0 aliphatic carbocycles. The zero-order valence-electron chi connectivity index (χ0n) is 9.37. The van der Waals surface area contributed by atoms with Gasteiger partial charge in [-0.1, -0.05) is 26.0 Å². The lowest BCUT2D eigenvalue weighted by Gasteiger charge is -2.02. The summed E-state index contributed by atoms with van der Waals surface area (Å²) in [4.78, 5) is 20.8. The van der Waals surface area contributed by atoms with Crippen LogP contribution in [-0.4, -0.2) is 22.2 Å². The summed E-state index contributed by atoms with van der Waals surface area (Å²) in [5, 5.41) is 17.1. The van der Waals surface area contributed by atoms with Crippen molar-refractivity contribution in [2.45, 2.75) is 38.5 Å². The van der Waals surface area contributed by atoms with Gasteiger partial charge in [0.05, 0.1) is 0 Å². The Balaban J connectivity index is 3.41. The van der Waals surface area contributed by atoms with E-state index in [1.807, 2.05) is 0 Å². The second kappa shape index (κ2) is 7.68. The molecule has 90 valence electrons. The molecule has 0 heterocycles. The van der Waals surface area contributed by atoms with Crippen LogP contribution in [0, 0.1) is 0 Å². The number of carbonyl (C=O) groups is 2. The van der Waals surface area contributed by atoms with Gasteiger partial charge in [-0.3, -0.25) is 0 Å². The minimum absolute atomic E-state index is 0.231. The van der Waals surface area contributed by atoms with Gasteiger partial charge in [0.15, 0.2) is 0 Å². The van der Waals surface area contributed by atoms with Gasteiger partial charge in [0, 0.05) is 11.1 Å². The van der Waals surface area contributed by atoms with Crippen LogP contribution in [0.25, 0.3) is 0 Å². The van der Waals surface area contributed by atoms with Gasteiger partial charge in [-0.05, 0) is 25.7 Å². The Hall–Kier alpha value is -1.58. The maximum atomic E-state index is 10.4. The first kappa shape index (κ1) is 14.4. The van der Waals surface area contributed by atoms with E-state index in [0.717, 1.165) is 25.7 Å². The van der Waals surface area contributed by atoms with Crippen LogP contribution in [0.4, 0.5) is 0 Å². The van der Waals surface area contributed by atoms with Gasteiger partial charge < -0.3 is 10.2 Å². The molecule has 0 amide bonds. The number of unbranched alkanes of at least 4 members (excludes halogenated alkanes) is 3. The van der Waals surface area contributed by atoms with Gasteiger partial charge in [0.2, 0.25) is 0 Å². The third-order valence-corrected chi connectivity index (χ3v) is 2.31. The molecule has 0 saturated carbocycles. The lowest BCUT2D eigenvalue weighted by molar-refractivity contribution is -0.133. The highest BCUT2D eigenvalue weighted by molar-refractivity contribution is 5.86. The van der Waals surface area contributed by atoms with Crippen LogP contribution in [0.3, 0.4) is 0 Å². The van der Waals surface area contributed by atoms with E-state index in [2.05, 4.69) is 13.2 Å². The summed E-state index contributed by atoms with van der Waals surface area (Å²) in [5.74, 6) is -1.89. The fraction of sp³-hybridized carbons (Fsp3) is 0.500. The number of rotatable bonds is 9. The van der Waals surface area contributed by atoms with E-state index in [4.69, 9.17) is 10.2 Å². The second-order valence-corrected chi connectivity index (χ2v) is 3.73. The summed E-state index contributed by atoms with van der Waals surface area (Å²) < 4.78 is 0. The van der Waals surface area contributed by atoms with Crippen molar-refractivity contribution < 1.29 is 19.8 Å². The van der Waals surface area contributed by atoms with Crippen molar-refractivity contribution in [2.75, 3.05) is 0 Å². The quantitative estimate of drug-likeness (QED) is 0.468. The molecule has 0 rings (SSSR count). The Kier molecular flexibility index (Phi) is 6.92. The first-order chi connectivity index (χ1) is 7.45. The summed E-state index contributed by atoms with van der Waals surface area (Å²) in [6.07, 6.45) is 4.33. The molecule has 0 atom stereocenters. The molecule has 0 aromatic carbocycles. The summed E-state index contributed by atoms with van der Waals surface area (Å²) in [6, 6.07) is 0. The predicted molar refractivity (Wildman–Crippen MR) is 61.3 cm³/mol. The van der Waals surface area contributed by atoms with Crippen molar-refractivity contribution in [1.82, 2.24) is 0 Å². The molecule has 0 bridgehead atoms. The highest BCUT2D eigenvalue weighted by atomic mass is 16.4. The van der Waals surface area contributed by atoms with Crippen LogP contribution < -0.4 is 0 Å². The van der Waals surface area contributed by atoms with Crippen molar-refractivity contribution in [3.63, 3.8) is 0 Å². The smallest absolute Gasteiger partial charge is 0.330 e. The zero-order valence-corrected chi connectivity index (χ0v) is 9.37. The number of aliphatic carboxylic acids is 2. The van der Waals surface area contributed by atoms with Crippen molar-refractivity contribution in [2.24, 2.45) is 0 Å². The summed E-state index contributed by atoms with van der Waals surface area (Å²) in [6.45, 7) is 6.86. The normalized spacial score (nSPS) is 9.75. The maximum Gasteiger partial charge on any atom is 0.330 e. The molecule has 0 spiro atoms. The van der Waals surface area contributed by atoms with E-state index in [1.54, 1.807) is 0 Å². The first-order valence-corrected chi connectivity index (χ1v) is 5.27. The molecule has 2 N–H and O–H groups in total. The van der Waals surface area contributed by atoms with Crippen molar-refractivity contribution in [3.05, 3.63) is 24.3 Å². The fourth-order valence-corrected chi connectivity index (χ4v) is 1.24. The SMILES string of the molecule is C=C(CCCCCCC(=C)C(=O)O)C(=O)O. The highest BCUT2D eigenvalue weighted by Gasteiger charge is 2.04. The minimum Gasteiger partial charge on any atom is -0.478 e. The van der Waals surface area contributed by atoms with E-state index >= 15 is 0 Å². The molecular formula is C12H18O4. The predicted octanol–water partition coefficient (Wildman–Crippen LogP) is 2.61. The Morgan fingerprint density at radius 2 is 1.06 bits per heavy atom. The van der Waals surface area contributed by atoms with E-state index in [-0.39, 0.29) is 11.1 Å². The van der Waals surface area contributed by atoms with E-state index in [9.17, 15) is 9.59 Å². The molecule has 4 heteroatoms. The van der Waals surface area contributed by atoms with E-state index in [1.165, 1.54) is 0 Å². The molecule has 0 aliphatic rings. The van der Waals surface area contributed by atoms with Gasteiger partial charge in [0.25, 0.3) is 0 Å². The number of carboxylic acid groups (broad SMARTS) is 2. The van der Waals surface area contributed by atoms with Gasteiger partial charge in [0.1, 0.15) is 0 Å². The monoisotopic (exact) mass is 226 g/mol. The molecular weight excluding hydrogens is 208 g/mol. The van der Waals surface area contributed by atoms with Crippen LogP contribution >= 0.6 is 0 Å². The van der Waals surface area contributed by atoms with Crippen LogP contribution in [0.15, 0.2) is 24.3 Å². The van der Waals surface area contributed by atoms with Crippen LogP contribution in [0.2, 0.25) is 0 Å². The molecule has 0 fully saturated rings. The third-order valence-electron chi connectivity index (χ3n) is 2.31. The van der Waals surface area contributed by atoms with Crippen LogP contribution in [-0.2, 0) is 9.59 Å². The molecule has 16 heavy (non-hydrogen) atoms. The molecule has 0 aromatic heterocycles. The average molecular weight is 226 g/mol. The largest absolute Gasteiger partial charge is 0.478 e. The molecule has 4 nitrogen and oxygen atoms in total. The molecule has 0 radical (unpaired) electrons. The lowest BCUT2D eigenvalue weighted by atomic mass is 10.0. The summed E-state index contributed by atoms with van der Waals surface area (Å²) >= 11 is 0. The maximum absolute atomic E-state index is 10.4. The molecule has 0 aromatic rings. The lowest BCUT2D eigenvalue weighted by Crippen LogP contribution is -1.99. The minimum atomic E-state index is -0.945. The summed E-state index contributed by atoms with van der Waals surface area (Å²) in [7, 11) is 0. The van der Waals surface area contributed by atoms with Crippen molar-refractivity contribution in [3.8, 4) is 0 Å². The Bertz CT molecular complexity index is 261. The van der Waals surface area contributed by atoms with Gasteiger partial charge in [-0.25, -0.2) is 9.59 Å². The second-order valence-electron chi connectivity index (χ2n) is 3.73. The number of hydrogen-bond acceptors (Lipinski definition) is 2. The van der Waals surface area contributed by atoms with Crippen LogP contribution in [0.5, 0.6) is 0 Å². The topological polar surface area (TPSA) is 74.6 Å². The zero-order chi connectivity index (χ0) is 12.6. The van der Waals surface area contributed by atoms with Crippen molar-refractivity contribution in [1.29, 1.82) is 0 Å². The van der Waals surface area contributed by atoms with Gasteiger partial charge >= 0.3 is 11.9 Å². The van der Waals surface area contributed by atoms with Crippen LogP contribution in [0.1, 0.15) is 38.5 Å². The van der Waals surface area contributed by atoms with Gasteiger partial charge in [-0.15, -0.1) is 0 Å². The Morgan fingerprint density at radius 3 is 1.31 bits per heavy atom. The fourth-order valence-electron chi connectivity index (χ4n) is 1.24. The third kappa shape index (κ3) is 6.81. The van der Waals surface area contributed by atoms with Crippen molar-refractivity contribution >= 4 is 11.9 Å². The highest BCUT2D eigenvalue weighted by Crippen LogP contribution is 2.12. The van der Waals surface area contributed by atoms with E-state index < -0.39 is 11.9 Å². The van der Waals surface area contributed by atoms with Gasteiger partial charge in [-0.2, -0.15) is 0 Å². The molecule has 0 saturated heterocycles. The Labute approximate surface area is 95.3 Å². The Morgan fingerprint density at radius 1 is 0.750 bits per heavy atom. The summed E-state index contributed by atoms with van der Waals surface area (Å²) in [5.41, 5.74) is 0.463. The number of hydrogen-bond donors (Lipinski definition) is 2. The average Bonchev–Trinajstić information content (AvgIpc) is 2.21. The molecule has 0 unspecified atom stereocenters. The van der Waals surface area contributed by atoms with E-state index in [0.29, 0.717) is 12.8 Å². The first-order valence-electron chi connectivity index (χ1n) is 5.27. The molecule has 0 aliphatic heterocycles. The standard InChI is InChI=1S/C12H18O4/c1-9(11(13)14)7-5-3-4-6-8-10(2)12(15)16/h1-8H2,(H,13,14)(H,15,16). The number of carboxylic acids is 2.